The summed E-state index contributed by atoms with van der Waals surface area (Å²) >= 11 is 2.01. The average molecular weight is 286 g/mol. The summed E-state index contributed by atoms with van der Waals surface area (Å²) in [5.74, 6) is 1.40. The molecule has 2 unspecified atom stereocenters. The van der Waals surface area contributed by atoms with Crippen LogP contribution in [0.5, 0.6) is 0 Å². The van der Waals surface area contributed by atoms with Crippen molar-refractivity contribution in [2.24, 2.45) is 5.73 Å². The fraction of sp³-hybridized carbons (Fsp3) is 0.933. The van der Waals surface area contributed by atoms with E-state index in [2.05, 4.69) is 12.2 Å². The summed E-state index contributed by atoms with van der Waals surface area (Å²) in [5.41, 5.74) is 5.46. The second-order valence-corrected chi connectivity index (χ2v) is 6.92. The summed E-state index contributed by atoms with van der Waals surface area (Å²) in [6, 6.07) is 0.412. The first-order chi connectivity index (χ1) is 9.27. The van der Waals surface area contributed by atoms with Crippen LogP contribution in [0.2, 0.25) is 0 Å². The molecule has 19 heavy (non-hydrogen) atoms. The maximum absolute atomic E-state index is 11.9. The Hall–Kier alpha value is -0.220. The number of unbranched alkanes of at least 4 members (excludes halogenated alkanes) is 3. The lowest BCUT2D eigenvalue weighted by atomic mass is 9.94. The van der Waals surface area contributed by atoms with E-state index >= 15 is 0 Å². The SMILES string of the molecule is CCSC1CCCCC1NC(=O)CCCCCCN. The van der Waals surface area contributed by atoms with Gasteiger partial charge in [0.1, 0.15) is 0 Å². The summed E-state index contributed by atoms with van der Waals surface area (Å²) < 4.78 is 0. The molecule has 112 valence electrons. The molecule has 1 rings (SSSR count). The molecule has 1 aliphatic rings. The van der Waals surface area contributed by atoms with Crippen LogP contribution in [0, 0.1) is 0 Å². The topological polar surface area (TPSA) is 55.1 Å². The molecule has 1 aliphatic carbocycles. The zero-order valence-electron chi connectivity index (χ0n) is 12.3. The van der Waals surface area contributed by atoms with Crippen LogP contribution in [0.1, 0.15) is 64.7 Å². The van der Waals surface area contributed by atoms with Crippen LogP contribution in [-0.2, 0) is 4.79 Å². The molecule has 0 bridgehead atoms. The lowest BCUT2D eigenvalue weighted by Crippen LogP contribution is -2.43. The van der Waals surface area contributed by atoms with Gasteiger partial charge in [0.15, 0.2) is 0 Å². The number of hydrogen-bond donors (Lipinski definition) is 2. The molecular weight excluding hydrogens is 256 g/mol. The van der Waals surface area contributed by atoms with Crippen molar-refractivity contribution in [3.8, 4) is 0 Å². The predicted octanol–water partition coefficient (Wildman–Crippen LogP) is 3.08. The quantitative estimate of drug-likeness (QED) is 0.640. The minimum Gasteiger partial charge on any atom is -0.352 e. The van der Waals surface area contributed by atoms with Gasteiger partial charge in [-0.2, -0.15) is 11.8 Å². The van der Waals surface area contributed by atoms with E-state index in [9.17, 15) is 4.79 Å². The maximum Gasteiger partial charge on any atom is 0.220 e. The maximum atomic E-state index is 11.9. The van der Waals surface area contributed by atoms with Crippen LogP contribution >= 0.6 is 11.8 Å². The molecular formula is C15H30N2OS. The molecule has 3 N–H and O–H groups in total. The Morgan fingerprint density at radius 3 is 2.68 bits per heavy atom. The average Bonchev–Trinajstić information content (AvgIpc) is 2.41. The molecule has 0 radical (unpaired) electrons. The zero-order chi connectivity index (χ0) is 13.9. The molecule has 0 saturated heterocycles. The number of hydrogen-bond acceptors (Lipinski definition) is 3. The number of nitrogens with one attached hydrogen (secondary N) is 1. The highest BCUT2D eigenvalue weighted by atomic mass is 32.2. The summed E-state index contributed by atoms with van der Waals surface area (Å²) in [6.07, 6.45) is 10.1. The number of amides is 1. The Bertz CT molecular complexity index is 246. The molecule has 1 fully saturated rings. The molecule has 2 atom stereocenters. The Balaban J connectivity index is 2.18. The number of carbonyl (C=O) groups excluding carboxylic acids is 1. The minimum absolute atomic E-state index is 0.251. The first-order valence-corrected chi connectivity index (χ1v) is 8.93. The number of nitrogens with two attached hydrogens (primary N) is 1. The number of rotatable bonds is 9. The van der Waals surface area contributed by atoms with Gasteiger partial charge in [0, 0.05) is 17.7 Å². The van der Waals surface area contributed by atoms with E-state index in [-0.39, 0.29) is 5.91 Å². The van der Waals surface area contributed by atoms with E-state index in [1.54, 1.807) is 0 Å². The lowest BCUT2D eigenvalue weighted by Gasteiger charge is -2.31. The highest BCUT2D eigenvalue weighted by Gasteiger charge is 2.25. The minimum atomic E-state index is 0.251. The largest absolute Gasteiger partial charge is 0.352 e. The third-order valence-corrected chi connectivity index (χ3v) is 5.11. The van der Waals surface area contributed by atoms with Gasteiger partial charge in [0.2, 0.25) is 5.91 Å². The van der Waals surface area contributed by atoms with Crippen molar-refractivity contribution in [3.63, 3.8) is 0 Å². The van der Waals surface area contributed by atoms with Gasteiger partial charge in [-0.3, -0.25) is 4.79 Å². The van der Waals surface area contributed by atoms with E-state index in [1.807, 2.05) is 11.8 Å². The predicted molar refractivity (Wildman–Crippen MR) is 84.5 cm³/mol. The van der Waals surface area contributed by atoms with E-state index < -0.39 is 0 Å². The lowest BCUT2D eigenvalue weighted by molar-refractivity contribution is -0.122. The second kappa shape index (κ2) is 10.6. The Kier molecular flexibility index (Phi) is 9.35. The van der Waals surface area contributed by atoms with Crippen molar-refractivity contribution in [1.29, 1.82) is 0 Å². The van der Waals surface area contributed by atoms with E-state index in [1.165, 1.54) is 19.3 Å². The van der Waals surface area contributed by atoms with Crippen LogP contribution < -0.4 is 11.1 Å². The number of carbonyl (C=O) groups is 1. The Labute approximate surface area is 122 Å². The standard InChI is InChI=1S/C15H30N2OS/c1-2-19-14-10-7-6-9-13(14)17-15(18)11-5-3-4-8-12-16/h13-14H,2-12,16H2,1H3,(H,17,18). The molecule has 0 aliphatic heterocycles. The van der Waals surface area contributed by atoms with Crippen molar-refractivity contribution in [3.05, 3.63) is 0 Å². The monoisotopic (exact) mass is 286 g/mol. The normalized spacial score (nSPS) is 23.3. The third-order valence-electron chi connectivity index (χ3n) is 3.79. The highest BCUT2D eigenvalue weighted by molar-refractivity contribution is 7.99. The van der Waals surface area contributed by atoms with Crippen molar-refractivity contribution in [2.75, 3.05) is 12.3 Å². The van der Waals surface area contributed by atoms with Crippen molar-refractivity contribution in [1.82, 2.24) is 5.32 Å². The van der Waals surface area contributed by atoms with Crippen LogP contribution in [0.15, 0.2) is 0 Å². The van der Waals surface area contributed by atoms with E-state index in [0.29, 0.717) is 17.7 Å². The summed E-state index contributed by atoms with van der Waals surface area (Å²) in [5, 5.41) is 3.90. The molecule has 4 heteroatoms. The van der Waals surface area contributed by atoms with Gasteiger partial charge in [-0.25, -0.2) is 0 Å². The third kappa shape index (κ3) is 7.21. The molecule has 0 aromatic carbocycles. The highest BCUT2D eigenvalue weighted by Crippen LogP contribution is 2.28. The Morgan fingerprint density at radius 1 is 1.21 bits per heavy atom. The fourth-order valence-corrected chi connectivity index (χ4v) is 3.94. The van der Waals surface area contributed by atoms with Crippen LogP contribution in [-0.4, -0.2) is 29.5 Å². The van der Waals surface area contributed by atoms with Gasteiger partial charge in [0.05, 0.1) is 0 Å². The van der Waals surface area contributed by atoms with Gasteiger partial charge >= 0.3 is 0 Å². The Morgan fingerprint density at radius 2 is 1.95 bits per heavy atom. The van der Waals surface area contributed by atoms with Crippen molar-refractivity contribution in [2.45, 2.75) is 76.0 Å². The van der Waals surface area contributed by atoms with Gasteiger partial charge in [0.25, 0.3) is 0 Å². The molecule has 1 amide bonds. The van der Waals surface area contributed by atoms with Crippen molar-refractivity contribution >= 4 is 17.7 Å². The summed E-state index contributed by atoms with van der Waals surface area (Å²) in [4.78, 5) is 11.9. The van der Waals surface area contributed by atoms with E-state index in [0.717, 1.165) is 44.4 Å². The number of thioether (sulfide) groups is 1. The molecule has 0 heterocycles. The molecule has 3 nitrogen and oxygen atoms in total. The molecule has 0 spiro atoms. The van der Waals surface area contributed by atoms with E-state index in [4.69, 9.17) is 5.73 Å². The van der Waals surface area contributed by atoms with Crippen LogP contribution in [0.3, 0.4) is 0 Å². The molecule has 0 aromatic rings. The first-order valence-electron chi connectivity index (χ1n) is 7.89. The van der Waals surface area contributed by atoms with Crippen molar-refractivity contribution < 1.29 is 4.79 Å². The van der Waals surface area contributed by atoms with Gasteiger partial charge in [-0.05, 0) is 38.0 Å². The second-order valence-electron chi connectivity index (χ2n) is 5.41. The fourth-order valence-electron chi connectivity index (χ4n) is 2.74. The zero-order valence-corrected chi connectivity index (χ0v) is 13.1. The van der Waals surface area contributed by atoms with Gasteiger partial charge < -0.3 is 11.1 Å². The van der Waals surface area contributed by atoms with Gasteiger partial charge in [-0.15, -0.1) is 0 Å². The van der Waals surface area contributed by atoms with Crippen LogP contribution in [0.25, 0.3) is 0 Å². The molecule has 0 aromatic heterocycles. The first kappa shape index (κ1) is 16.8. The summed E-state index contributed by atoms with van der Waals surface area (Å²) in [6.45, 7) is 2.97. The van der Waals surface area contributed by atoms with Gasteiger partial charge in [-0.1, -0.05) is 32.6 Å². The van der Waals surface area contributed by atoms with Crippen LogP contribution in [0.4, 0.5) is 0 Å². The molecule has 1 saturated carbocycles. The summed E-state index contributed by atoms with van der Waals surface area (Å²) in [7, 11) is 0. The smallest absolute Gasteiger partial charge is 0.220 e.